The summed E-state index contributed by atoms with van der Waals surface area (Å²) in [5.41, 5.74) is 5.32. The van der Waals surface area contributed by atoms with E-state index >= 15 is 0 Å². The molecule has 1 fully saturated rings. The minimum Gasteiger partial charge on any atom is -0.337 e. The number of pyridine rings is 1. The standard InChI is InChI=1S/C26H31N5O/c32-26(30-17-5-2-6-18-30)25-23-19-21(28-16-13-20-11-14-27-15-12-20)9-10-24(23)31(29-25)22-7-3-1-4-8-22/h1,3-4,7-8,11-12,14-15,21,28H,2,5-6,9-10,13,16-19H2. The number of para-hydroxylation sites is 1. The Morgan fingerprint density at radius 2 is 1.81 bits per heavy atom. The average Bonchev–Trinajstić information content (AvgIpc) is 3.24. The highest BCUT2D eigenvalue weighted by atomic mass is 16.2. The Kier molecular flexibility index (Phi) is 6.30. The third kappa shape index (κ3) is 4.46. The van der Waals surface area contributed by atoms with Crippen molar-refractivity contribution < 1.29 is 4.79 Å². The normalized spacial score (nSPS) is 18.4. The first-order valence-corrected chi connectivity index (χ1v) is 11.9. The van der Waals surface area contributed by atoms with E-state index in [0.29, 0.717) is 11.7 Å². The fourth-order valence-corrected chi connectivity index (χ4v) is 4.96. The molecule has 0 saturated carbocycles. The van der Waals surface area contributed by atoms with Gasteiger partial charge in [-0.05, 0) is 81.3 Å². The first-order valence-electron chi connectivity index (χ1n) is 11.9. The minimum atomic E-state index is 0.105. The first-order chi connectivity index (χ1) is 15.8. The number of nitrogens with one attached hydrogen (secondary N) is 1. The molecule has 1 aliphatic carbocycles. The summed E-state index contributed by atoms with van der Waals surface area (Å²) in [6, 6.07) is 14.7. The molecule has 0 spiro atoms. The highest BCUT2D eigenvalue weighted by Gasteiger charge is 2.31. The van der Waals surface area contributed by atoms with E-state index < -0.39 is 0 Å². The summed E-state index contributed by atoms with van der Waals surface area (Å²) < 4.78 is 2.01. The molecule has 1 atom stereocenters. The number of fused-ring (bicyclic) bond motifs is 1. The summed E-state index contributed by atoms with van der Waals surface area (Å²) in [6.45, 7) is 2.62. The second-order valence-corrected chi connectivity index (χ2v) is 8.87. The Morgan fingerprint density at radius 3 is 2.59 bits per heavy atom. The van der Waals surface area contributed by atoms with Gasteiger partial charge >= 0.3 is 0 Å². The summed E-state index contributed by atoms with van der Waals surface area (Å²) >= 11 is 0. The molecule has 1 amide bonds. The maximum atomic E-state index is 13.4. The second-order valence-electron chi connectivity index (χ2n) is 8.87. The van der Waals surface area contributed by atoms with E-state index in [4.69, 9.17) is 5.10 Å². The van der Waals surface area contributed by atoms with Gasteiger partial charge in [0.25, 0.3) is 5.91 Å². The SMILES string of the molecule is O=C(c1nn(-c2ccccc2)c2c1CC(NCCc1ccncc1)CC2)N1CCCCC1. The maximum absolute atomic E-state index is 13.4. The van der Waals surface area contributed by atoms with Crippen LogP contribution in [-0.4, -0.2) is 51.2 Å². The molecule has 6 heteroatoms. The van der Waals surface area contributed by atoms with Crippen molar-refractivity contribution in [1.29, 1.82) is 0 Å². The second kappa shape index (κ2) is 9.65. The molecular weight excluding hydrogens is 398 g/mol. The summed E-state index contributed by atoms with van der Waals surface area (Å²) in [5.74, 6) is 0.105. The van der Waals surface area contributed by atoms with Crippen LogP contribution in [0.2, 0.25) is 0 Å². The number of amides is 1. The van der Waals surface area contributed by atoms with Crippen LogP contribution in [0, 0.1) is 0 Å². The monoisotopic (exact) mass is 429 g/mol. The van der Waals surface area contributed by atoms with Crippen LogP contribution in [0.4, 0.5) is 0 Å². The molecule has 6 nitrogen and oxygen atoms in total. The molecule has 166 valence electrons. The van der Waals surface area contributed by atoms with Crippen LogP contribution in [0.5, 0.6) is 0 Å². The number of hydrogen-bond acceptors (Lipinski definition) is 4. The molecule has 0 radical (unpaired) electrons. The number of rotatable bonds is 6. The molecule has 3 heterocycles. The van der Waals surface area contributed by atoms with E-state index in [9.17, 15) is 4.79 Å². The number of hydrogen-bond donors (Lipinski definition) is 1. The van der Waals surface area contributed by atoms with Crippen LogP contribution in [0.3, 0.4) is 0 Å². The predicted molar refractivity (Wildman–Crippen MR) is 125 cm³/mol. The van der Waals surface area contributed by atoms with E-state index in [-0.39, 0.29) is 5.91 Å². The number of carbonyl (C=O) groups excluding carboxylic acids is 1. The molecule has 32 heavy (non-hydrogen) atoms. The highest BCUT2D eigenvalue weighted by molar-refractivity contribution is 5.94. The molecule has 5 rings (SSSR count). The molecular formula is C26H31N5O. The predicted octanol–water partition coefficient (Wildman–Crippen LogP) is 3.58. The summed E-state index contributed by atoms with van der Waals surface area (Å²) in [7, 11) is 0. The molecule has 1 aliphatic heterocycles. The van der Waals surface area contributed by atoms with Crippen molar-refractivity contribution in [3.8, 4) is 5.69 Å². The lowest BCUT2D eigenvalue weighted by Crippen LogP contribution is -2.38. The van der Waals surface area contributed by atoms with E-state index in [1.54, 1.807) is 0 Å². The van der Waals surface area contributed by atoms with E-state index in [1.807, 2.05) is 40.2 Å². The Balaban J connectivity index is 1.37. The Morgan fingerprint density at radius 1 is 1.03 bits per heavy atom. The van der Waals surface area contributed by atoms with E-state index in [0.717, 1.165) is 69.4 Å². The molecule has 1 aromatic carbocycles. The zero-order chi connectivity index (χ0) is 21.8. The number of likely N-dealkylation sites (tertiary alicyclic amines) is 1. The fraction of sp³-hybridized carbons (Fsp3) is 0.423. The van der Waals surface area contributed by atoms with Gasteiger partial charge in [-0.1, -0.05) is 18.2 Å². The largest absolute Gasteiger partial charge is 0.337 e. The highest BCUT2D eigenvalue weighted by Crippen LogP contribution is 2.28. The number of aromatic nitrogens is 3. The topological polar surface area (TPSA) is 63.1 Å². The van der Waals surface area contributed by atoms with Crippen LogP contribution in [0.15, 0.2) is 54.9 Å². The zero-order valence-electron chi connectivity index (χ0n) is 18.5. The van der Waals surface area contributed by atoms with E-state index in [1.165, 1.54) is 17.7 Å². The molecule has 2 aliphatic rings. The van der Waals surface area contributed by atoms with Crippen molar-refractivity contribution in [3.05, 3.63) is 77.4 Å². The summed E-state index contributed by atoms with van der Waals surface area (Å²) in [4.78, 5) is 19.5. The third-order valence-corrected chi connectivity index (χ3v) is 6.71. The molecule has 1 saturated heterocycles. The Bertz CT molecular complexity index is 1040. The van der Waals surface area contributed by atoms with Crippen molar-refractivity contribution in [3.63, 3.8) is 0 Å². The average molecular weight is 430 g/mol. The zero-order valence-corrected chi connectivity index (χ0v) is 18.5. The van der Waals surface area contributed by atoms with Gasteiger partial charge in [-0.3, -0.25) is 9.78 Å². The van der Waals surface area contributed by atoms with Crippen molar-refractivity contribution in [2.24, 2.45) is 0 Å². The number of benzene rings is 1. The van der Waals surface area contributed by atoms with E-state index in [2.05, 4.69) is 34.6 Å². The lowest BCUT2D eigenvalue weighted by molar-refractivity contribution is 0.0716. The van der Waals surface area contributed by atoms with Crippen molar-refractivity contribution in [2.75, 3.05) is 19.6 Å². The molecule has 3 aromatic rings. The summed E-state index contributed by atoms with van der Waals surface area (Å²) in [6.07, 6.45) is 10.9. The van der Waals surface area contributed by atoms with Crippen molar-refractivity contribution in [1.82, 2.24) is 25.0 Å². The van der Waals surface area contributed by atoms with Crippen LogP contribution in [0.25, 0.3) is 5.69 Å². The molecule has 0 bridgehead atoms. The third-order valence-electron chi connectivity index (χ3n) is 6.71. The smallest absolute Gasteiger partial charge is 0.274 e. The van der Waals surface area contributed by atoms with Crippen molar-refractivity contribution >= 4 is 5.91 Å². The van der Waals surface area contributed by atoms with Crippen LogP contribution in [0.1, 0.15) is 53.0 Å². The summed E-state index contributed by atoms with van der Waals surface area (Å²) in [5, 5.41) is 8.61. The quantitative estimate of drug-likeness (QED) is 0.651. The van der Waals surface area contributed by atoms with Gasteiger partial charge in [0.2, 0.25) is 0 Å². The van der Waals surface area contributed by atoms with Crippen LogP contribution < -0.4 is 5.32 Å². The van der Waals surface area contributed by atoms with Gasteiger partial charge in [0.05, 0.1) is 5.69 Å². The lowest BCUT2D eigenvalue weighted by atomic mass is 9.90. The Labute approximate surface area is 189 Å². The van der Waals surface area contributed by atoms with Gasteiger partial charge in [-0.2, -0.15) is 5.10 Å². The van der Waals surface area contributed by atoms with Crippen LogP contribution in [-0.2, 0) is 19.3 Å². The van der Waals surface area contributed by atoms with Crippen molar-refractivity contribution in [2.45, 2.75) is 51.0 Å². The molecule has 2 aromatic heterocycles. The molecule has 1 N–H and O–H groups in total. The maximum Gasteiger partial charge on any atom is 0.274 e. The van der Waals surface area contributed by atoms with Gasteiger partial charge < -0.3 is 10.2 Å². The van der Waals surface area contributed by atoms with Gasteiger partial charge in [-0.25, -0.2) is 4.68 Å². The van der Waals surface area contributed by atoms with Gasteiger partial charge in [0.1, 0.15) is 0 Å². The Hall–Kier alpha value is -2.99. The minimum absolute atomic E-state index is 0.105. The fourth-order valence-electron chi connectivity index (χ4n) is 4.96. The van der Waals surface area contributed by atoms with Gasteiger partial charge in [-0.15, -0.1) is 0 Å². The van der Waals surface area contributed by atoms with Crippen LogP contribution >= 0.6 is 0 Å². The molecule has 1 unspecified atom stereocenters. The lowest BCUT2D eigenvalue weighted by Gasteiger charge is -2.27. The first kappa shape index (κ1) is 20.9. The van der Waals surface area contributed by atoms with Gasteiger partial charge in [0, 0.05) is 42.8 Å². The number of piperidine rings is 1. The number of carbonyl (C=O) groups is 1. The van der Waals surface area contributed by atoms with Gasteiger partial charge in [0.15, 0.2) is 5.69 Å². The number of nitrogens with zero attached hydrogens (tertiary/aromatic N) is 4.